The number of benzene rings is 2. The largest absolute Gasteiger partial charge is 0.335 e. The van der Waals surface area contributed by atoms with Gasteiger partial charge in [-0.25, -0.2) is 0 Å². The summed E-state index contributed by atoms with van der Waals surface area (Å²) in [6, 6.07) is 11.5. The Bertz CT molecular complexity index is 1480. The summed E-state index contributed by atoms with van der Waals surface area (Å²) in [4.78, 5) is 3.86. The highest BCUT2D eigenvalue weighted by molar-refractivity contribution is 8.03. The number of thioether (sulfide) groups is 1. The molecule has 0 radical (unpaired) electrons. The van der Waals surface area contributed by atoms with Gasteiger partial charge in [-0.15, -0.1) is 0 Å². The van der Waals surface area contributed by atoms with Crippen LogP contribution in [0, 0.1) is 26.2 Å². The van der Waals surface area contributed by atoms with Crippen molar-refractivity contribution < 1.29 is 4.57 Å². The van der Waals surface area contributed by atoms with Gasteiger partial charge in [0.2, 0.25) is 5.52 Å². The fourth-order valence-electron chi connectivity index (χ4n) is 5.57. The van der Waals surface area contributed by atoms with Gasteiger partial charge in [0.1, 0.15) is 11.2 Å². The van der Waals surface area contributed by atoms with Crippen LogP contribution in [-0.4, -0.2) is 6.54 Å². The van der Waals surface area contributed by atoms with Crippen molar-refractivity contribution in [3.63, 3.8) is 0 Å². The predicted molar refractivity (Wildman–Crippen MR) is 164 cm³/mol. The number of aryl methyl sites for hydroxylation is 4. The van der Waals surface area contributed by atoms with Crippen molar-refractivity contribution in [3.05, 3.63) is 92.5 Å². The number of rotatable bonds is 5. The van der Waals surface area contributed by atoms with Gasteiger partial charge in [-0.05, 0) is 105 Å². The highest BCUT2D eigenvalue weighted by Gasteiger charge is 2.28. The van der Waals surface area contributed by atoms with Crippen LogP contribution >= 0.6 is 23.1 Å². The molecule has 0 atom stereocenters. The maximum atomic E-state index is 2.48. The van der Waals surface area contributed by atoms with E-state index in [4.69, 9.17) is 0 Å². The quantitative estimate of drug-likeness (QED) is 0.305. The van der Waals surface area contributed by atoms with E-state index in [1.54, 1.807) is 0 Å². The Morgan fingerprint density at radius 2 is 1.81 bits per heavy atom. The molecule has 3 aromatic rings. The van der Waals surface area contributed by atoms with Crippen LogP contribution in [0.15, 0.2) is 75.7 Å². The Morgan fingerprint density at radius 3 is 2.57 bits per heavy atom. The third kappa shape index (κ3) is 5.37. The minimum absolute atomic E-state index is 0.250. The molecule has 2 heterocycles. The molecule has 1 aromatic heterocycles. The summed E-state index contributed by atoms with van der Waals surface area (Å²) in [5.74, 6) is 0. The van der Waals surface area contributed by atoms with E-state index in [1.165, 1.54) is 58.7 Å². The first-order valence-corrected chi connectivity index (χ1v) is 15.1. The smallest absolute Gasteiger partial charge is 0.262 e. The van der Waals surface area contributed by atoms with Gasteiger partial charge in [-0.1, -0.05) is 61.2 Å². The zero-order chi connectivity index (χ0) is 26.3. The van der Waals surface area contributed by atoms with Gasteiger partial charge >= 0.3 is 0 Å². The molecule has 0 N–H and O–H groups in total. The van der Waals surface area contributed by atoms with Crippen LogP contribution in [0.2, 0.25) is 0 Å². The van der Waals surface area contributed by atoms with Crippen LogP contribution in [0.4, 0.5) is 5.69 Å². The minimum Gasteiger partial charge on any atom is -0.335 e. The number of fused-ring (bicyclic) bond motifs is 2. The topological polar surface area (TPSA) is 7.12 Å². The van der Waals surface area contributed by atoms with Gasteiger partial charge in [-0.3, -0.25) is 0 Å². The average molecular weight is 528 g/mol. The fraction of sp³-hybridized carbons (Fsp3) is 0.364. The standard InChI is InChI=1S/C33H39N2S2/c1-8-34-27-14-13-22(3)15-29(27)36-31(34)12-10-11-25-18-26(21-33(6,7)20-25)19-32-35(9-2)28-16-23(4)24(5)17-30(28)37-32/h10-19H,8-9,20-21H2,1-7H3/q+1. The molecule has 0 bridgehead atoms. The van der Waals surface area contributed by atoms with E-state index >= 15 is 0 Å². The molecule has 2 nitrogen and oxygen atoms in total. The monoisotopic (exact) mass is 527 g/mol. The lowest BCUT2D eigenvalue weighted by atomic mass is 9.75. The van der Waals surface area contributed by atoms with Gasteiger partial charge in [-0.2, -0.15) is 4.57 Å². The van der Waals surface area contributed by atoms with E-state index in [1.807, 2.05) is 23.1 Å². The van der Waals surface area contributed by atoms with Crippen molar-refractivity contribution in [2.75, 3.05) is 11.4 Å². The van der Waals surface area contributed by atoms with Crippen LogP contribution < -0.4 is 9.47 Å². The van der Waals surface area contributed by atoms with Crippen LogP contribution in [0.3, 0.4) is 0 Å². The molecule has 0 amide bonds. The normalized spacial score (nSPS) is 19.4. The summed E-state index contributed by atoms with van der Waals surface area (Å²) in [6.07, 6.45) is 14.0. The first-order chi connectivity index (χ1) is 17.7. The van der Waals surface area contributed by atoms with E-state index in [0.717, 1.165) is 25.9 Å². The highest BCUT2D eigenvalue weighted by atomic mass is 32.2. The number of allylic oxidation sites excluding steroid dienone is 6. The van der Waals surface area contributed by atoms with Gasteiger partial charge in [0.05, 0.1) is 10.7 Å². The van der Waals surface area contributed by atoms with E-state index in [0.29, 0.717) is 0 Å². The Morgan fingerprint density at radius 1 is 1.03 bits per heavy atom. The van der Waals surface area contributed by atoms with E-state index in [9.17, 15) is 0 Å². The number of hydrogen-bond acceptors (Lipinski definition) is 3. The third-order valence-electron chi connectivity index (χ3n) is 7.46. The van der Waals surface area contributed by atoms with E-state index in [2.05, 4.69) is 119 Å². The van der Waals surface area contributed by atoms with Crippen molar-refractivity contribution in [3.8, 4) is 0 Å². The molecule has 5 rings (SSSR count). The Balaban J connectivity index is 1.44. The van der Waals surface area contributed by atoms with Crippen molar-refractivity contribution in [1.82, 2.24) is 0 Å². The molecule has 4 heteroatoms. The number of aromatic nitrogens is 1. The number of thiazole rings is 1. The molecule has 0 unspecified atom stereocenters. The first kappa shape index (κ1) is 26.1. The second-order valence-electron chi connectivity index (χ2n) is 11.2. The molecule has 2 aliphatic rings. The summed E-state index contributed by atoms with van der Waals surface area (Å²) in [5.41, 5.74) is 9.84. The average Bonchev–Trinajstić information content (AvgIpc) is 3.34. The lowest BCUT2D eigenvalue weighted by Crippen LogP contribution is -2.33. The highest BCUT2D eigenvalue weighted by Crippen LogP contribution is 2.48. The lowest BCUT2D eigenvalue weighted by Gasteiger charge is -2.31. The first-order valence-electron chi connectivity index (χ1n) is 13.5. The summed E-state index contributed by atoms with van der Waals surface area (Å²) in [5, 5.41) is 2.66. The zero-order valence-corrected chi connectivity index (χ0v) is 24.9. The van der Waals surface area contributed by atoms with Gasteiger partial charge < -0.3 is 4.90 Å². The van der Waals surface area contributed by atoms with Crippen molar-refractivity contribution in [2.45, 2.75) is 72.7 Å². The van der Waals surface area contributed by atoms with E-state index in [-0.39, 0.29) is 5.41 Å². The third-order valence-corrected chi connectivity index (χ3v) is 9.67. The van der Waals surface area contributed by atoms with Crippen LogP contribution in [0.1, 0.15) is 62.2 Å². The van der Waals surface area contributed by atoms with Crippen LogP contribution in [0.5, 0.6) is 0 Å². The SMILES string of the molecule is CCN1C(=CC2=CC(=CC=Cc3sc4cc(C)ccc4[n+]3CC)CC(C)(C)C2)Sc2cc(C)c(C)cc21. The summed E-state index contributed by atoms with van der Waals surface area (Å²) in [7, 11) is 0. The van der Waals surface area contributed by atoms with E-state index < -0.39 is 0 Å². The Hall–Kier alpha value is -2.56. The van der Waals surface area contributed by atoms with Crippen molar-refractivity contribution in [2.24, 2.45) is 5.41 Å². The molecule has 0 spiro atoms. The number of nitrogens with zero attached hydrogens (tertiary/aromatic N) is 2. The van der Waals surface area contributed by atoms with Crippen molar-refractivity contribution >= 4 is 45.1 Å². The summed E-state index contributed by atoms with van der Waals surface area (Å²) < 4.78 is 3.78. The molecular formula is C33H39N2S2+. The van der Waals surface area contributed by atoms with Gasteiger partial charge in [0, 0.05) is 23.6 Å². The predicted octanol–water partition coefficient (Wildman–Crippen LogP) is 9.29. The van der Waals surface area contributed by atoms with Crippen molar-refractivity contribution in [1.29, 1.82) is 0 Å². The second-order valence-corrected chi connectivity index (χ2v) is 13.4. The Labute approximate surface area is 231 Å². The maximum absolute atomic E-state index is 2.48. The molecule has 192 valence electrons. The molecular weight excluding hydrogens is 489 g/mol. The molecule has 37 heavy (non-hydrogen) atoms. The lowest BCUT2D eigenvalue weighted by molar-refractivity contribution is -0.665. The number of hydrogen-bond donors (Lipinski definition) is 0. The molecule has 2 aromatic carbocycles. The zero-order valence-electron chi connectivity index (χ0n) is 23.3. The second kappa shape index (κ2) is 10.3. The molecule has 0 fully saturated rings. The molecule has 1 aliphatic heterocycles. The number of anilines is 1. The maximum Gasteiger partial charge on any atom is 0.262 e. The summed E-state index contributed by atoms with van der Waals surface area (Å²) >= 11 is 3.80. The van der Waals surface area contributed by atoms with Gasteiger partial charge in [0.15, 0.2) is 0 Å². The van der Waals surface area contributed by atoms with Crippen LogP contribution in [-0.2, 0) is 6.54 Å². The Kier molecular flexibility index (Phi) is 7.26. The van der Waals surface area contributed by atoms with Gasteiger partial charge in [0.25, 0.3) is 5.01 Å². The fourth-order valence-corrected chi connectivity index (χ4v) is 8.09. The molecule has 1 aliphatic carbocycles. The van der Waals surface area contributed by atoms with Crippen LogP contribution in [0.25, 0.3) is 16.3 Å². The molecule has 0 saturated carbocycles. The minimum atomic E-state index is 0.250. The summed E-state index contributed by atoms with van der Waals surface area (Å²) in [6.45, 7) is 17.9. The molecule has 0 saturated heterocycles.